The molecule has 12 heteroatoms. The van der Waals surface area contributed by atoms with Gasteiger partial charge in [0.25, 0.3) is 0 Å². The first-order chi connectivity index (χ1) is 28.4. The summed E-state index contributed by atoms with van der Waals surface area (Å²) >= 11 is 0. The third kappa shape index (κ3) is 8.13. The van der Waals surface area contributed by atoms with Gasteiger partial charge in [0.1, 0.15) is 0 Å². The number of rotatable bonds is 4. The Kier molecular flexibility index (Phi) is 11.3. The molecule has 0 aromatic carbocycles. The molecule has 0 aliphatic carbocycles. The van der Waals surface area contributed by atoms with E-state index in [-0.39, 0.29) is 0 Å². The highest BCUT2D eigenvalue weighted by Crippen LogP contribution is 2.40. The fourth-order valence-corrected chi connectivity index (χ4v) is 10.7. The Morgan fingerprint density at radius 3 is 1.29 bits per heavy atom. The van der Waals surface area contributed by atoms with Crippen LogP contribution in [0.1, 0.15) is 51.4 Å². The Hall–Kier alpha value is -4.36. The number of likely N-dealkylation sites (tertiary alicyclic amines) is 2. The van der Waals surface area contributed by atoms with E-state index >= 15 is 0 Å². The number of pyridine rings is 4. The second-order valence-electron chi connectivity index (χ2n) is 18.3. The molecule has 4 aromatic heterocycles. The van der Waals surface area contributed by atoms with Gasteiger partial charge in [-0.1, -0.05) is 0 Å². The molecule has 2 N–H and O–H groups in total. The van der Waals surface area contributed by atoms with Gasteiger partial charge in [0.05, 0.1) is 58.6 Å². The lowest BCUT2D eigenvalue weighted by atomic mass is 9.85. The maximum Gasteiger partial charge on any atom is 0.0557 e. The van der Waals surface area contributed by atoms with Gasteiger partial charge >= 0.3 is 0 Å². The topological polar surface area (TPSA) is 95.1 Å². The molecule has 12 rings (SSSR count). The molecule has 12 heterocycles. The Bertz CT molecular complexity index is 1880. The first-order valence-corrected chi connectivity index (χ1v) is 21.9. The molecule has 4 aromatic rings. The lowest BCUT2D eigenvalue weighted by Crippen LogP contribution is -2.67. The number of nitrogens with one attached hydrogen (secondary N) is 2. The highest BCUT2D eigenvalue weighted by atomic mass is 15.4. The van der Waals surface area contributed by atoms with Gasteiger partial charge in [0.15, 0.2) is 0 Å². The Balaban J connectivity index is 0.000000100. The summed E-state index contributed by atoms with van der Waals surface area (Å²) in [4.78, 5) is 31.4. The third-order valence-corrected chi connectivity index (χ3v) is 14.8. The van der Waals surface area contributed by atoms with Gasteiger partial charge in [-0.3, -0.25) is 29.7 Å². The number of hydrogen-bond donors (Lipinski definition) is 2. The number of likely N-dealkylation sites (N-methyl/N-ethyl adjacent to an activating group) is 2. The van der Waals surface area contributed by atoms with Crippen molar-refractivity contribution in [1.82, 2.24) is 40.4 Å². The molecule has 0 bridgehead atoms. The molecule has 8 fully saturated rings. The summed E-state index contributed by atoms with van der Waals surface area (Å²) in [5.74, 6) is 0. The summed E-state index contributed by atoms with van der Waals surface area (Å²) in [6.45, 7) is 14.2. The third-order valence-electron chi connectivity index (χ3n) is 14.8. The predicted molar refractivity (Wildman–Crippen MR) is 235 cm³/mol. The monoisotopic (exact) mass is 785 g/mol. The number of aromatic nitrogens is 4. The molecule has 308 valence electrons. The minimum Gasteiger partial charge on any atom is -0.368 e. The summed E-state index contributed by atoms with van der Waals surface area (Å²) < 4.78 is 0. The molecular weight excluding hydrogens is 721 g/mol. The average molecular weight is 785 g/mol. The summed E-state index contributed by atoms with van der Waals surface area (Å²) in [6, 6.07) is 16.6. The quantitative estimate of drug-likeness (QED) is 0.299. The summed E-state index contributed by atoms with van der Waals surface area (Å²) in [5.41, 5.74) is 6.90. The van der Waals surface area contributed by atoms with Crippen LogP contribution in [0.25, 0.3) is 0 Å². The van der Waals surface area contributed by atoms with Gasteiger partial charge in [-0.25, -0.2) is 0 Å². The van der Waals surface area contributed by atoms with Crippen molar-refractivity contribution in [1.29, 1.82) is 0 Å². The molecule has 2 atom stereocenters. The SMILES string of the molecule is CN1CCC12CCN(c1cccnc1)C2.CN1CCCC12CN(c1cccnc1)C2.c1cncc(N2CC3(CCCN3)C2)c1.c1cncc(N2CCC3(CCN3)C2)c1. The van der Waals surface area contributed by atoms with Crippen molar-refractivity contribution in [2.24, 2.45) is 0 Å². The molecule has 4 spiro atoms. The van der Waals surface area contributed by atoms with Crippen LogP contribution in [0, 0.1) is 0 Å². The molecule has 58 heavy (non-hydrogen) atoms. The molecular formula is C46H64N12. The predicted octanol–water partition coefficient (Wildman–Crippen LogP) is 4.78. The van der Waals surface area contributed by atoms with E-state index in [0.717, 1.165) is 19.6 Å². The van der Waals surface area contributed by atoms with Crippen LogP contribution in [0.4, 0.5) is 22.7 Å². The average Bonchev–Trinajstić information content (AvgIpc) is 4.08. The minimum absolute atomic E-state index is 0.440. The van der Waals surface area contributed by atoms with E-state index in [4.69, 9.17) is 0 Å². The lowest BCUT2D eigenvalue weighted by Gasteiger charge is -2.53. The smallest absolute Gasteiger partial charge is 0.0557 e. The molecule has 8 aliphatic rings. The van der Waals surface area contributed by atoms with Gasteiger partial charge in [0, 0.05) is 94.8 Å². The van der Waals surface area contributed by atoms with Gasteiger partial charge in [-0.15, -0.1) is 0 Å². The van der Waals surface area contributed by atoms with Crippen LogP contribution in [0.2, 0.25) is 0 Å². The van der Waals surface area contributed by atoms with Crippen molar-refractivity contribution in [3.8, 4) is 0 Å². The zero-order valence-corrected chi connectivity index (χ0v) is 34.9. The van der Waals surface area contributed by atoms with Crippen LogP contribution < -0.4 is 30.2 Å². The zero-order chi connectivity index (χ0) is 39.5. The van der Waals surface area contributed by atoms with E-state index in [1.807, 2.05) is 73.8 Å². The van der Waals surface area contributed by atoms with Crippen LogP contribution in [-0.2, 0) is 0 Å². The molecule has 0 saturated carbocycles. The van der Waals surface area contributed by atoms with E-state index in [9.17, 15) is 0 Å². The van der Waals surface area contributed by atoms with Crippen molar-refractivity contribution >= 4 is 22.7 Å². The van der Waals surface area contributed by atoms with Crippen molar-refractivity contribution in [3.63, 3.8) is 0 Å². The van der Waals surface area contributed by atoms with Gasteiger partial charge in [0.2, 0.25) is 0 Å². The van der Waals surface area contributed by atoms with Crippen LogP contribution in [0.15, 0.2) is 98.1 Å². The van der Waals surface area contributed by atoms with Gasteiger partial charge < -0.3 is 30.2 Å². The van der Waals surface area contributed by atoms with Crippen LogP contribution in [0.3, 0.4) is 0 Å². The molecule has 0 radical (unpaired) electrons. The minimum atomic E-state index is 0.440. The van der Waals surface area contributed by atoms with E-state index < -0.39 is 0 Å². The maximum absolute atomic E-state index is 4.18. The van der Waals surface area contributed by atoms with Crippen molar-refractivity contribution < 1.29 is 0 Å². The van der Waals surface area contributed by atoms with Gasteiger partial charge in [-0.05, 0) is 134 Å². The van der Waals surface area contributed by atoms with E-state index in [1.54, 1.807) is 0 Å². The zero-order valence-electron chi connectivity index (χ0n) is 34.9. The fraction of sp³-hybridized carbons (Fsp3) is 0.565. The number of anilines is 4. The highest BCUT2D eigenvalue weighted by Gasteiger charge is 2.49. The maximum atomic E-state index is 4.18. The number of nitrogens with zero attached hydrogens (tertiary/aromatic N) is 10. The molecule has 0 amide bonds. The fourth-order valence-electron chi connectivity index (χ4n) is 10.7. The first-order valence-electron chi connectivity index (χ1n) is 21.9. The van der Waals surface area contributed by atoms with Crippen LogP contribution >= 0.6 is 0 Å². The molecule has 12 nitrogen and oxygen atoms in total. The second kappa shape index (κ2) is 16.7. The van der Waals surface area contributed by atoms with E-state index in [1.165, 1.54) is 133 Å². The van der Waals surface area contributed by atoms with Crippen molar-refractivity contribution in [3.05, 3.63) is 98.1 Å². The van der Waals surface area contributed by atoms with E-state index in [2.05, 4.69) is 98.3 Å². The Morgan fingerprint density at radius 1 is 0.431 bits per heavy atom. The Labute approximate surface area is 346 Å². The largest absolute Gasteiger partial charge is 0.368 e. The molecule has 8 aliphatic heterocycles. The van der Waals surface area contributed by atoms with Crippen LogP contribution in [-0.4, -0.2) is 145 Å². The van der Waals surface area contributed by atoms with Gasteiger partial charge in [-0.2, -0.15) is 0 Å². The molecule has 8 saturated heterocycles. The summed E-state index contributed by atoms with van der Waals surface area (Å²) in [7, 11) is 4.50. The Morgan fingerprint density at radius 2 is 0.897 bits per heavy atom. The van der Waals surface area contributed by atoms with E-state index in [0.29, 0.717) is 22.2 Å². The van der Waals surface area contributed by atoms with Crippen molar-refractivity contribution in [2.75, 3.05) is 112 Å². The highest BCUT2D eigenvalue weighted by molar-refractivity contribution is 5.51. The van der Waals surface area contributed by atoms with Crippen LogP contribution in [0.5, 0.6) is 0 Å². The standard InChI is InChI=1S/2C12H17N3.2C11H15N3/c1-14-7-3-5-12(14)9-15(10-12)11-4-2-6-13-8-11;1-14-7-4-12(14)5-8-15(10-12)11-3-2-6-13-9-11;1-3-10(7-12-5-1)14-8-11(9-14)4-2-6-13-11;1-2-10(8-12-5-1)14-7-4-11(9-14)3-6-13-11/h2,4,6,8H,3,5,7,9-10H2,1H3;2-3,6,9H,4-5,7-8,10H2,1H3;1,3,5,7,13H,2,4,6,8-9H2;1-2,5,8,13H,3-4,6-7,9H2. The number of hydrogen-bond acceptors (Lipinski definition) is 12. The lowest BCUT2D eigenvalue weighted by molar-refractivity contribution is 0.0307. The van der Waals surface area contributed by atoms with Crippen molar-refractivity contribution in [2.45, 2.75) is 73.5 Å². The first kappa shape index (κ1) is 39.1. The summed E-state index contributed by atoms with van der Waals surface area (Å²) in [6.07, 6.45) is 25.8. The summed E-state index contributed by atoms with van der Waals surface area (Å²) in [5, 5.41) is 7.17. The molecule has 2 unspecified atom stereocenters. The normalized spacial score (nSPS) is 27.5. The second-order valence-corrected chi connectivity index (χ2v) is 18.3.